The third-order valence-electron chi connectivity index (χ3n) is 3.09. The number of nitrogens with one attached hydrogen (secondary N) is 1. The standard InChI is InChI=1S/C15H18N2O4S/c1-10-8-12(21-17-10)9-22(19)11(2)15(18)16-13-6-4-5-7-14(13)20-3/h4-8,11H,9H2,1-3H3,(H,16,18)/t11-,22-/m1/s1. The zero-order valence-corrected chi connectivity index (χ0v) is 13.5. The summed E-state index contributed by atoms with van der Waals surface area (Å²) in [5.74, 6) is 0.882. The molecule has 0 aliphatic rings. The first-order valence-corrected chi connectivity index (χ1v) is 8.12. The summed E-state index contributed by atoms with van der Waals surface area (Å²) in [5.41, 5.74) is 1.27. The summed E-state index contributed by atoms with van der Waals surface area (Å²) in [6.07, 6.45) is 0. The largest absolute Gasteiger partial charge is 0.495 e. The molecule has 2 atom stereocenters. The number of carbonyl (C=O) groups is 1. The average Bonchev–Trinajstić information content (AvgIpc) is 2.92. The fourth-order valence-corrected chi connectivity index (χ4v) is 2.82. The molecule has 0 unspecified atom stereocenters. The molecule has 7 heteroatoms. The summed E-state index contributed by atoms with van der Waals surface area (Å²) in [4.78, 5) is 12.2. The highest BCUT2D eigenvalue weighted by Crippen LogP contribution is 2.23. The number of methoxy groups -OCH3 is 1. The average molecular weight is 322 g/mol. The summed E-state index contributed by atoms with van der Waals surface area (Å²) in [6, 6.07) is 8.78. The van der Waals surface area contributed by atoms with Crippen molar-refractivity contribution >= 4 is 22.4 Å². The lowest BCUT2D eigenvalue weighted by Crippen LogP contribution is -2.29. The van der Waals surface area contributed by atoms with Crippen LogP contribution in [0.15, 0.2) is 34.9 Å². The molecule has 0 bridgehead atoms. The fourth-order valence-electron chi connectivity index (χ4n) is 1.85. The zero-order chi connectivity index (χ0) is 16.1. The molecule has 2 aromatic rings. The molecule has 1 N–H and O–H groups in total. The van der Waals surface area contributed by atoms with E-state index in [4.69, 9.17) is 9.26 Å². The van der Waals surface area contributed by atoms with Crippen molar-refractivity contribution in [3.05, 3.63) is 41.8 Å². The van der Waals surface area contributed by atoms with Gasteiger partial charge in [0.2, 0.25) is 5.91 Å². The number of benzene rings is 1. The second kappa shape index (κ2) is 7.22. The van der Waals surface area contributed by atoms with E-state index in [9.17, 15) is 9.00 Å². The zero-order valence-electron chi connectivity index (χ0n) is 12.7. The number of nitrogens with zero attached hydrogens (tertiary/aromatic N) is 1. The van der Waals surface area contributed by atoms with Gasteiger partial charge in [-0.15, -0.1) is 0 Å². The Morgan fingerprint density at radius 3 is 2.82 bits per heavy atom. The SMILES string of the molecule is COc1ccccc1NC(=O)[C@@H](C)[S@](=O)Cc1cc(C)no1. The maximum Gasteiger partial charge on any atom is 0.239 e. The van der Waals surface area contributed by atoms with Gasteiger partial charge in [0, 0.05) is 16.9 Å². The van der Waals surface area contributed by atoms with Crippen molar-refractivity contribution in [1.82, 2.24) is 5.16 Å². The van der Waals surface area contributed by atoms with Gasteiger partial charge in [0.25, 0.3) is 0 Å². The molecule has 0 radical (unpaired) electrons. The molecular formula is C15H18N2O4S. The predicted molar refractivity (Wildman–Crippen MR) is 84.2 cm³/mol. The summed E-state index contributed by atoms with van der Waals surface area (Å²) < 4.78 is 22.4. The number of aryl methyl sites for hydroxylation is 1. The molecule has 6 nitrogen and oxygen atoms in total. The van der Waals surface area contributed by atoms with Crippen LogP contribution in [0.2, 0.25) is 0 Å². The second-order valence-electron chi connectivity index (χ2n) is 4.79. The molecule has 22 heavy (non-hydrogen) atoms. The molecule has 118 valence electrons. The number of hydrogen-bond donors (Lipinski definition) is 1. The van der Waals surface area contributed by atoms with E-state index < -0.39 is 16.0 Å². The van der Waals surface area contributed by atoms with Crippen LogP contribution in [0, 0.1) is 6.92 Å². The molecule has 2 rings (SSSR count). The summed E-state index contributed by atoms with van der Waals surface area (Å²) in [6.45, 7) is 3.40. The minimum absolute atomic E-state index is 0.154. The molecule has 1 heterocycles. The Hall–Kier alpha value is -2.15. The molecule has 0 fully saturated rings. The lowest BCUT2D eigenvalue weighted by molar-refractivity contribution is -0.115. The summed E-state index contributed by atoms with van der Waals surface area (Å²) >= 11 is 0. The van der Waals surface area contributed by atoms with Gasteiger partial charge in [-0.25, -0.2) is 0 Å². The highest BCUT2D eigenvalue weighted by Gasteiger charge is 2.22. The van der Waals surface area contributed by atoms with Gasteiger partial charge in [-0.2, -0.15) is 0 Å². The Kier molecular flexibility index (Phi) is 5.32. The van der Waals surface area contributed by atoms with Crippen LogP contribution < -0.4 is 10.1 Å². The molecule has 0 spiro atoms. The predicted octanol–water partition coefficient (Wildman–Crippen LogP) is 2.27. The van der Waals surface area contributed by atoms with Crippen LogP contribution in [0.3, 0.4) is 0 Å². The first-order valence-electron chi connectivity index (χ1n) is 6.74. The van der Waals surface area contributed by atoms with Crippen molar-refractivity contribution in [2.45, 2.75) is 24.9 Å². The van der Waals surface area contributed by atoms with E-state index >= 15 is 0 Å². The van der Waals surface area contributed by atoms with Gasteiger partial charge in [0.1, 0.15) is 16.8 Å². The number of rotatable bonds is 6. The van der Waals surface area contributed by atoms with Crippen molar-refractivity contribution in [3.8, 4) is 5.75 Å². The molecule has 1 amide bonds. The van der Waals surface area contributed by atoms with Gasteiger partial charge in [0.05, 0.1) is 24.2 Å². The quantitative estimate of drug-likeness (QED) is 0.882. The van der Waals surface area contributed by atoms with Crippen LogP contribution in [-0.2, 0) is 21.3 Å². The number of ether oxygens (including phenoxy) is 1. The number of para-hydroxylation sites is 2. The summed E-state index contributed by atoms with van der Waals surface area (Å²) in [5, 5.41) is 5.78. The van der Waals surface area contributed by atoms with E-state index in [0.717, 1.165) is 5.69 Å². The summed E-state index contributed by atoms with van der Waals surface area (Å²) in [7, 11) is 0.125. The van der Waals surface area contributed by atoms with Crippen LogP contribution in [0.1, 0.15) is 18.4 Å². The van der Waals surface area contributed by atoms with Gasteiger partial charge in [-0.05, 0) is 26.0 Å². The van der Waals surface area contributed by atoms with Crippen molar-refractivity contribution in [2.75, 3.05) is 12.4 Å². The molecule has 0 saturated carbocycles. The maximum atomic E-state index is 12.2. The molecule has 0 aliphatic heterocycles. The van der Waals surface area contributed by atoms with E-state index in [0.29, 0.717) is 17.2 Å². The van der Waals surface area contributed by atoms with E-state index in [1.54, 1.807) is 38.1 Å². The highest BCUT2D eigenvalue weighted by atomic mass is 32.2. The Bertz CT molecular complexity index is 684. The van der Waals surface area contributed by atoms with Gasteiger partial charge in [-0.3, -0.25) is 9.00 Å². The van der Waals surface area contributed by atoms with Gasteiger partial charge in [-0.1, -0.05) is 17.3 Å². The van der Waals surface area contributed by atoms with Crippen LogP contribution in [0.5, 0.6) is 5.75 Å². The number of carbonyl (C=O) groups excluding carboxylic acids is 1. The minimum Gasteiger partial charge on any atom is -0.495 e. The Morgan fingerprint density at radius 2 is 2.18 bits per heavy atom. The maximum absolute atomic E-state index is 12.2. The third-order valence-corrected chi connectivity index (χ3v) is 4.66. The van der Waals surface area contributed by atoms with Crippen LogP contribution in [-0.4, -0.2) is 27.6 Å². The fraction of sp³-hybridized carbons (Fsp3) is 0.333. The molecular weight excluding hydrogens is 304 g/mol. The Labute approximate surface area is 131 Å². The lowest BCUT2D eigenvalue weighted by atomic mass is 10.3. The van der Waals surface area contributed by atoms with E-state index in [1.165, 1.54) is 7.11 Å². The third kappa shape index (κ3) is 3.94. The Morgan fingerprint density at radius 1 is 1.45 bits per heavy atom. The lowest BCUT2D eigenvalue weighted by Gasteiger charge is -2.13. The Balaban J connectivity index is 2.00. The van der Waals surface area contributed by atoms with Crippen LogP contribution >= 0.6 is 0 Å². The van der Waals surface area contributed by atoms with Crippen molar-refractivity contribution in [3.63, 3.8) is 0 Å². The normalized spacial score (nSPS) is 13.4. The first-order chi connectivity index (χ1) is 10.5. The van der Waals surface area contributed by atoms with Crippen molar-refractivity contribution in [2.24, 2.45) is 0 Å². The minimum atomic E-state index is -1.40. The molecule has 0 saturated heterocycles. The van der Waals surface area contributed by atoms with Crippen molar-refractivity contribution in [1.29, 1.82) is 0 Å². The van der Waals surface area contributed by atoms with Crippen LogP contribution in [0.25, 0.3) is 0 Å². The molecule has 1 aromatic carbocycles. The monoisotopic (exact) mass is 322 g/mol. The topological polar surface area (TPSA) is 81.4 Å². The van der Waals surface area contributed by atoms with Gasteiger partial charge < -0.3 is 14.6 Å². The molecule has 1 aromatic heterocycles. The second-order valence-corrected chi connectivity index (χ2v) is 6.55. The highest BCUT2D eigenvalue weighted by molar-refractivity contribution is 7.85. The van der Waals surface area contributed by atoms with E-state index in [2.05, 4.69) is 10.5 Å². The molecule has 0 aliphatic carbocycles. The first kappa shape index (κ1) is 16.2. The number of hydrogen-bond acceptors (Lipinski definition) is 5. The number of anilines is 1. The number of aromatic nitrogens is 1. The van der Waals surface area contributed by atoms with Gasteiger partial charge in [0.15, 0.2) is 0 Å². The van der Waals surface area contributed by atoms with Crippen LogP contribution in [0.4, 0.5) is 5.69 Å². The smallest absolute Gasteiger partial charge is 0.239 e. The van der Waals surface area contributed by atoms with E-state index in [1.807, 2.05) is 6.07 Å². The van der Waals surface area contributed by atoms with Crippen molar-refractivity contribution < 1.29 is 18.3 Å². The van der Waals surface area contributed by atoms with E-state index in [-0.39, 0.29) is 11.7 Å². The van der Waals surface area contributed by atoms with Gasteiger partial charge >= 0.3 is 0 Å². The number of amides is 1.